The molecule has 0 saturated carbocycles. The molecule has 1 amide bonds. The topological polar surface area (TPSA) is 55.8 Å². The summed E-state index contributed by atoms with van der Waals surface area (Å²) in [5.74, 6) is -0.445. The highest BCUT2D eigenvalue weighted by Gasteiger charge is 2.29. The van der Waals surface area contributed by atoms with Crippen LogP contribution in [0.1, 0.15) is 25.3 Å². The van der Waals surface area contributed by atoms with Gasteiger partial charge in [-0.15, -0.1) is 0 Å². The molecule has 0 aromatic heterocycles. The van der Waals surface area contributed by atoms with Crippen LogP contribution in [0.25, 0.3) is 0 Å². The fourth-order valence-electron chi connectivity index (χ4n) is 2.74. The minimum Gasteiger partial charge on any atom is -0.466 e. The lowest BCUT2D eigenvalue weighted by Crippen LogP contribution is -2.44. The molecule has 0 N–H and O–H groups in total. The van der Waals surface area contributed by atoms with Crippen molar-refractivity contribution >= 4 is 11.9 Å². The Hall–Kier alpha value is -1.88. The summed E-state index contributed by atoms with van der Waals surface area (Å²) < 4.78 is 10.5. The Balaban J connectivity index is 1.69. The van der Waals surface area contributed by atoms with Crippen molar-refractivity contribution in [2.45, 2.75) is 26.2 Å². The van der Waals surface area contributed by atoms with Crippen molar-refractivity contribution in [2.24, 2.45) is 5.92 Å². The highest BCUT2D eigenvalue weighted by molar-refractivity contribution is 5.79. The minimum atomic E-state index is -0.199. The van der Waals surface area contributed by atoms with Crippen molar-refractivity contribution < 1.29 is 19.1 Å². The third-order valence-corrected chi connectivity index (χ3v) is 4.00. The molecule has 0 spiro atoms. The minimum absolute atomic E-state index is 0.0490. The number of carbonyl (C=O) groups is 2. The molecule has 2 rings (SSSR count). The number of ether oxygens (including phenoxy) is 2. The summed E-state index contributed by atoms with van der Waals surface area (Å²) in [6.45, 7) is 3.90. The van der Waals surface area contributed by atoms with Crippen LogP contribution in [0.3, 0.4) is 0 Å². The largest absolute Gasteiger partial charge is 0.466 e. The third-order valence-electron chi connectivity index (χ3n) is 4.00. The second kappa shape index (κ2) is 9.30. The second-order valence-electron chi connectivity index (χ2n) is 5.72. The fourth-order valence-corrected chi connectivity index (χ4v) is 2.74. The Morgan fingerprint density at radius 3 is 2.78 bits per heavy atom. The lowest BCUT2D eigenvalue weighted by molar-refractivity contribution is -0.152. The molecule has 0 radical (unpaired) electrons. The summed E-state index contributed by atoms with van der Waals surface area (Å²) in [6.07, 6.45) is 2.41. The first-order chi connectivity index (χ1) is 11.2. The summed E-state index contributed by atoms with van der Waals surface area (Å²) >= 11 is 0. The Bertz CT molecular complexity index is 503. The first kappa shape index (κ1) is 17.5. The summed E-state index contributed by atoms with van der Waals surface area (Å²) in [5.41, 5.74) is 1.19. The van der Waals surface area contributed by atoms with Gasteiger partial charge in [0.15, 0.2) is 0 Å². The number of rotatable bonds is 7. The summed E-state index contributed by atoms with van der Waals surface area (Å²) in [4.78, 5) is 25.7. The van der Waals surface area contributed by atoms with Crippen LogP contribution in [0.4, 0.5) is 0 Å². The molecule has 1 aromatic carbocycles. The number of piperidine rings is 1. The quantitative estimate of drug-likeness (QED) is 0.570. The second-order valence-corrected chi connectivity index (χ2v) is 5.72. The van der Waals surface area contributed by atoms with Gasteiger partial charge in [-0.1, -0.05) is 30.3 Å². The molecule has 1 aliphatic rings. The molecule has 1 aromatic rings. The lowest BCUT2D eigenvalue weighted by atomic mass is 9.98. The van der Waals surface area contributed by atoms with Gasteiger partial charge in [0.05, 0.1) is 19.1 Å². The first-order valence-electron chi connectivity index (χ1n) is 8.26. The number of benzene rings is 1. The average Bonchev–Trinajstić information content (AvgIpc) is 2.60. The van der Waals surface area contributed by atoms with Crippen LogP contribution in [0, 0.1) is 5.92 Å². The molecule has 1 atom stereocenters. The van der Waals surface area contributed by atoms with Gasteiger partial charge in [0.25, 0.3) is 0 Å². The molecule has 23 heavy (non-hydrogen) atoms. The van der Waals surface area contributed by atoms with Crippen molar-refractivity contribution in [3.8, 4) is 0 Å². The summed E-state index contributed by atoms with van der Waals surface area (Å²) in [6, 6.07) is 10.0. The molecule has 0 aliphatic carbocycles. The van der Waals surface area contributed by atoms with E-state index in [0.29, 0.717) is 26.3 Å². The lowest BCUT2D eigenvalue weighted by Gasteiger charge is -2.31. The zero-order valence-corrected chi connectivity index (χ0v) is 13.7. The van der Waals surface area contributed by atoms with E-state index in [9.17, 15) is 9.59 Å². The van der Waals surface area contributed by atoms with Crippen molar-refractivity contribution in [1.29, 1.82) is 0 Å². The Morgan fingerprint density at radius 1 is 1.26 bits per heavy atom. The maximum Gasteiger partial charge on any atom is 0.310 e. The van der Waals surface area contributed by atoms with E-state index in [0.717, 1.165) is 19.3 Å². The van der Waals surface area contributed by atoms with Gasteiger partial charge in [-0.3, -0.25) is 9.59 Å². The predicted molar refractivity (Wildman–Crippen MR) is 86.9 cm³/mol. The number of esters is 1. The van der Waals surface area contributed by atoms with Gasteiger partial charge in [0.1, 0.15) is 6.61 Å². The molecular weight excluding hydrogens is 294 g/mol. The van der Waals surface area contributed by atoms with E-state index < -0.39 is 0 Å². The SMILES string of the molecule is CCOC(=O)C1CCCN(C(=O)COCCc2ccccc2)C1. The standard InChI is InChI=1S/C18H25NO4/c1-2-23-18(21)16-9-6-11-19(13-16)17(20)14-22-12-10-15-7-4-3-5-8-15/h3-5,7-8,16H,2,6,9-14H2,1H3. The van der Waals surface area contributed by atoms with Crippen molar-refractivity contribution in [2.75, 3.05) is 32.9 Å². The van der Waals surface area contributed by atoms with Crippen LogP contribution < -0.4 is 0 Å². The van der Waals surface area contributed by atoms with E-state index >= 15 is 0 Å². The van der Waals surface area contributed by atoms with Crippen LogP contribution in [-0.4, -0.2) is 49.7 Å². The molecule has 1 aliphatic heterocycles. The zero-order chi connectivity index (χ0) is 16.5. The molecule has 5 heteroatoms. The highest BCUT2D eigenvalue weighted by Crippen LogP contribution is 2.18. The molecule has 126 valence electrons. The van der Waals surface area contributed by atoms with Crippen LogP contribution in [-0.2, 0) is 25.5 Å². The number of amides is 1. The smallest absolute Gasteiger partial charge is 0.310 e. The molecule has 0 bridgehead atoms. The summed E-state index contributed by atoms with van der Waals surface area (Å²) in [7, 11) is 0. The maximum absolute atomic E-state index is 12.2. The van der Waals surface area contributed by atoms with Crippen LogP contribution >= 0.6 is 0 Å². The van der Waals surface area contributed by atoms with Gasteiger partial charge < -0.3 is 14.4 Å². The van der Waals surface area contributed by atoms with E-state index in [1.54, 1.807) is 11.8 Å². The van der Waals surface area contributed by atoms with Gasteiger partial charge >= 0.3 is 5.97 Å². The summed E-state index contributed by atoms with van der Waals surface area (Å²) in [5, 5.41) is 0. The zero-order valence-electron chi connectivity index (χ0n) is 13.7. The van der Waals surface area contributed by atoms with Gasteiger partial charge in [0.2, 0.25) is 5.91 Å². The van der Waals surface area contributed by atoms with E-state index in [-0.39, 0.29) is 24.4 Å². The third kappa shape index (κ3) is 5.67. The molecule has 1 unspecified atom stereocenters. The predicted octanol–water partition coefficient (Wildman–Crippen LogP) is 2.05. The first-order valence-corrected chi connectivity index (χ1v) is 8.26. The Kier molecular flexibility index (Phi) is 7.07. The van der Waals surface area contributed by atoms with Gasteiger partial charge in [-0.05, 0) is 31.7 Å². The monoisotopic (exact) mass is 319 g/mol. The number of carbonyl (C=O) groups excluding carboxylic acids is 2. The Morgan fingerprint density at radius 2 is 2.04 bits per heavy atom. The van der Waals surface area contributed by atoms with E-state index in [1.165, 1.54) is 5.56 Å². The Labute approximate surface area is 137 Å². The molecular formula is C18H25NO4. The highest BCUT2D eigenvalue weighted by atomic mass is 16.5. The molecule has 1 heterocycles. The van der Waals surface area contributed by atoms with Crippen molar-refractivity contribution in [1.82, 2.24) is 4.90 Å². The van der Waals surface area contributed by atoms with Gasteiger partial charge in [0, 0.05) is 13.1 Å². The van der Waals surface area contributed by atoms with Gasteiger partial charge in [-0.25, -0.2) is 0 Å². The van der Waals surface area contributed by atoms with E-state index in [2.05, 4.69) is 0 Å². The van der Waals surface area contributed by atoms with Gasteiger partial charge in [-0.2, -0.15) is 0 Å². The number of hydrogen-bond acceptors (Lipinski definition) is 4. The van der Waals surface area contributed by atoms with E-state index in [4.69, 9.17) is 9.47 Å². The normalized spacial score (nSPS) is 17.8. The number of hydrogen-bond donors (Lipinski definition) is 0. The van der Waals surface area contributed by atoms with E-state index in [1.807, 2.05) is 30.3 Å². The van der Waals surface area contributed by atoms with Crippen LogP contribution in [0.2, 0.25) is 0 Å². The number of likely N-dealkylation sites (tertiary alicyclic amines) is 1. The van der Waals surface area contributed by atoms with Crippen LogP contribution in [0.5, 0.6) is 0 Å². The fraction of sp³-hybridized carbons (Fsp3) is 0.556. The average molecular weight is 319 g/mol. The van der Waals surface area contributed by atoms with Crippen molar-refractivity contribution in [3.05, 3.63) is 35.9 Å². The van der Waals surface area contributed by atoms with Crippen molar-refractivity contribution in [3.63, 3.8) is 0 Å². The maximum atomic E-state index is 12.2. The van der Waals surface area contributed by atoms with Crippen LogP contribution in [0.15, 0.2) is 30.3 Å². The molecule has 5 nitrogen and oxygen atoms in total. The number of nitrogens with zero attached hydrogens (tertiary/aromatic N) is 1. The molecule has 1 saturated heterocycles. The molecule has 1 fully saturated rings.